The summed E-state index contributed by atoms with van der Waals surface area (Å²) in [5.74, 6) is -0.491. The molecule has 1 aromatic heterocycles. The Labute approximate surface area is 158 Å². The van der Waals surface area contributed by atoms with Crippen LogP contribution in [0.1, 0.15) is 28.7 Å². The normalized spacial score (nSPS) is 14.8. The zero-order valence-corrected chi connectivity index (χ0v) is 15.9. The number of aryl methyl sites for hydroxylation is 1. The Kier molecular flexibility index (Phi) is 6.88. The number of nitrogens with one attached hydrogen (secondary N) is 2. The molecule has 1 saturated heterocycles. The first-order valence-electron chi connectivity index (χ1n) is 8.59. The van der Waals surface area contributed by atoms with Crippen LogP contribution in [0.2, 0.25) is 0 Å². The number of hydrogen-bond donors (Lipinski definition) is 2. The van der Waals surface area contributed by atoms with Gasteiger partial charge in [0.15, 0.2) is 0 Å². The average molecular weight is 381 g/mol. The summed E-state index contributed by atoms with van der Waals surface area (Å²) >= 11 is 0. The number of rotatable bonds is 5. The molecule has 1 aliphatic heterocycles. The molecule has 0 unspecified atom stereocenters. The van der Waals surface area contributed by atoms with E-state index in [1.165, 1.54) is 11.3 Å². The zero-order valence-electron chi connectivity index (χ0n) is 15.1. The molecule has 0 aliphatic carbocycles. The van der Waals surface area contributed by atoms with E-state index < -0.39 is 5.97 Å². The summed E-state index contributed by atoms with van der Waals surface area (Å²) in [5, 5.41) is 0. The highest BCUT2D eigenvalue weighted by atomic mass is 35.5. The Morgan fingerprint density at radius 1 is 1.15 bits per heavy atom. The van der Waals surface area contributed by atoms with E-state index in [4.69, 9.17) is 4.74 Å². The number of esters is 1. The molecule has 2 heterocycles. The predicted molar refractivity (Wildman–Crippen MR) is 103 cm³/mol. The van der Waals surface area contributed by atoms with Gasteiger partial charge < -0.3 is 14.6 Å². The molecule has 8 heteroatoms. The molecule has 0 spiro atoms. The number of anilines is 1. The number of aromatic nitrogens is 2. The molecule has 1 aliphatic rings. The van der Waals surface area contributed by atoms with Crippen LogP contribution in [0.25, 0.3) is 0 Å². The Bertz CT molecular complexity index is 794. The Morgan fingerprint density at radius 2 is 1.85 bits per heavy atom. The highest BCUT2D eigenvalue weighted by Crippen LogP contribution is 2.21. The number of carbonyl (C=O) groups is 1. The fourth-order valence-electron chi connectivity index (χ4n) is 3.20. The van der Waals surface area contributed by atoms with E-state index >= 15 is 0 Å². The summed E-state index contributed by atoms with van der Waals surface area (Å²) in [6.45, 7) is 8.22. The van der Waals surface area contributed by atoms with E-state index in [0.717, 1.165) is 26.2 Å². The standard InChI is InChI=1S/C18H24N4O3.ClH/c1-3-25-17(23)16-14(19-18(24)20-16)12-21-8-10-22(11-9-21)15-7-5-4-6-13(15)2;/h4-7H,3,8-12H2,1-2H3,(H2,19,20,24);1H. The van der Waals surface area contributed by atoms with Crippen molar-refractivity contribution in [3.05, 3.63) is 51.7 Å². The second-order valence-corrected chi connectivity index (χ2v) is 6.20. The van der Waals surface area contributed by atoms with Gasteiger partial charge in [-0.3, -0.25) is 9.88 Å². The maximum absolute atomic E-state index is 12.0. The number of aromatic amines is 2. The first-order valence-corrected chi connectivity index (χ1v) is 8.59. The molecular formula is C18H25ClN4O3. The number of H-pyrrole nitrogens is 2. The lowest BCUT2D eigenvalue weighted by Gasteiger charge is -2.36. The molecule has 3 rings (SSSR count). The smallest absolute Gasteiger partial charge is 0.356 e. The molecule has 0 radical (unpaired) electrons. The van der Waals surface area contributed by atoms with Gasteiger partial charge in [0.2, 0.25) is 0 Å². The van der Waals surface area contributed by atoms with Gasteiger partial charge in [0.05, 0.1) is 12.3 Å². The Morgan fingerprint density at radius 3 is 2.50 bits per heavy atom. The van der Waals surface area contributed by atoms with Crippen LogP contribution in [0.15, 0.2) is 29.1 Å². The number of benzene rings is 1. The molecule has 142 valence electrons. The summed E-state index contributed by atoms with van der Waals surface area (Å²) in [4.78, 5) is 33.4. The van der Waals surface area contributed by atoms with Crippen molar-refractivity contribution in [2.24, 2.45) is 0 Å². The summed E-state index contributed by atoms with van der Waals surface area (Å²) in [6, 6.07) is 8.38. The summed E-state index contributed by atoms with van der Waals surface area (Å²) < 4.78 is 5.00. The van der Waals surface area contributed by atoms with Crippen molar-refractivity contribution in [3.63, 3.8) is 0 Å². The van der Waals surface area contributed by atoms with Crippen molar-refractivity contribution in [1.29, 1.82) is 0 Å². The number of carbonyl (C=O) groups excluding carboxylic acids is 1. The molecule has 26 heavy (non-hydrogen) atoms. The van der Waals surface area contributed by atoms with Crippen LogP contribution in [-0.2, 0) is 11.3 Å². The zero-order chi connectivity index (χ0) is 17.8. The lowest BCUT2D eigenvalue weighted by atomic mass is 10.1. The molecule has 0 atom stereocenters. The van der Waals surface area contributed by atoms with E-state index in [1.807, 2.05) is 6.07 Å². The van der Waals surface area contributed by atoms with Crippen molar-refractivity contribution in [1.82, 2.24) is 14.9 Å². The van der Waals surface area contributed by atoms with Crippen LogP contribution < -0.4 is 10.6 Å². The van der Waals surface area contributed by atoms with Crippen molar-refractivity contribution < 1.29 is 9.53 Å². The van der Waals surface area contributed by atoms with E-state index in [9.17, 15) is 9.59 Å². The molecule has 0 saturated carbocycles. The topological polar surface area (TPSA) is 81.4 Å². The van der Waals surface area contributed by atoms with E-state index in [2.05, 4.69) is 44.9 Å². The monoisotopic (exact) mass is 380 g/mol. The minimum absolute atomic E-state index is 0. The van der Waals surface area contributed by atoms with Crippen molar-refractivity contribution in [3.8, 4) is 0 Å². The SMILES string of the molecule is CCOC(=O)c1[nH]c(=O)[nH]c1CN1CCN(c2ccccc2C)CC1.Cl. The fourth-order valence-corrected chi connectivity index (χ4v) is 3.20. The number of nitrogens with zero attached hydrogens (tertiary/aromatic N) is 2. The van der Waals surface area contributed by atoms with Gasteiger partial charge in [0.25, 0.3) is 0 Å². The van der Waals surface area contributed by atoms with Crippen LogP contribution >= 0.6 is 12.4 Å². The minimum atomic E-state index is -0.491. The number of para-hydroxylation sites is 1. The Balaban J connectivity index is 0.00000243. The van der Waals surface area contributed by atoms with Crippen molar-refractivity contribution in [2.45, 2.75) is 20.4 Å². The highest BCUT2D eigenvalue weighted by Gasteiger charge is 2.22. The van der Waals surface area contributed by atoms with Crippen molar-refractivity contribution >= 4 is 24.1 Å². The average Bonchev–Trinajstić information content (AvgIpc) is 2.97. The summed E-state index contributed by atoms with van der Waals surface area (Å²) in [7, 11) is 0. The number of hydrogen-bond acceptors (Lipinski definition) is 5. The minimum Gasteiger partial charge on any atom is -0.461 e. The van der Waals surface area contributed by atoms with Crippen LogP contribution in [0.4, 0.5) is 5.69 Å². The third-order valence-electron chi connectivity index (χ3n) is 4.49. The van der Waals surface area contributed by atoms with Gasteiger partial charge in [0, 0.05) is 38.4 Å². The third-order valence-corrected chi connectivity index (χ3v) is 4.49. The quantitative estimate of drug-likeness (QED) is 0.775. The molecule has 0 bridgehead atoms. The van der Waals surface area contributed by atoms with Crippen molar-refractivity contribution in [2.75, 3.05) is 37.7 Å². The van der Waals surface area contributed by atoms with Crippen LogP contribution in [0.5, 0.6) is 0 Å². The second kappa shape index (κ2) is 8.91. The molecular weight excluding hydrogens is 356 g/mol. The molecule has 1 aromatic carbocycles. The van der Waals surface area contributed by atoms with Gasteiger partial charge in [0.1, 0.15) is 5.69 Å². The number of ether oxygens (including phenoxy) is 1. The molecule has 1 fully saturated rings. The van der Waals surface area contributed by atoms with E-state index in [-0.39, 0.29) is 30.4 Å². The molecule has 2 N–H and O–H groups in total. The Hall–Kier alpha value is -2.25. The fraction of sp³-hybridized carbons (Fsp3) is 0.444. The third kappa shape index (κ3) is 4.47. The van der Waals surface area contributed by atoms with Gasteiger partial charge >= 0.3 is 11.7 Å². The molecule has 7 nitrogen and oxygen atoms in total. The van der Waals surface area contributed by atoms with E-state index in [1.54, 1.807) is 6.92 Å². The first kappa shape index (κ1) is 20.1. The largest absolute Gasteiger partial charge is 0.461 e. The number of imidazole rings is 1. The van der Waals surface area contributed by atoms with Crippen LogP contribution in [-0.4, -0.2) is 53.6 Å². The lowest BCUT2D eigenvalue weighted by molar-refractivity contribution is 0.0517. The van der Waals surface area contributed by atoms with Gasteiger partial charge in [-0.05, 0) is 25.5 Å². The first-order chi connectivity index (χ1) is 12.1. The van der Waals surface area contributed by atoms with Crippen LogP contribution in [0, 0.1) is 6.92 Å². The van der Waals surface area contributed by atoms with Gasteiger partial charge in [-0.25, -0.2) is 9.59 Å². The van der Waals surface area contributed by atoms with Gasteiger partial charge in [-0.2, -0.15) is 0 Å². The van der Waals surface area contributed by atoms with Gasteiger partial charge in [-0.15, -0.1) is 12.4 Å². The van der Waals surface area contributed by atoms with Gasteiger partial charge in [-0.1, -0.05) is 18.2 Å². The number of halogens is 1. The van der Waals surface area contributed by atoms with Crippen LogP contribution in [0.3, 0.4) is 0 Å². The lowest BCUT2D eigenvalue weighted by Crippen LogP contribution is -2.46. The summed E-state index contributed by atoms with van der Waals surface area (Å²) in [6.07, 6.45) is 0. The second-order valence-electron chi connectivity index (χ2n) is 6.20. The predicted octanol–water partition coefficient (Wildman–Crippen LogP) is 1.93. The maximum atomic E-state index is 12.0. The summed E-state index contributed by atoms with van der Waals surface area (Å²) in [5.41, 5.74) is 2.98. The number of piperazine rings is 1. The highest BCUT2D eigenvalue weighted by molar-refractivity contribution is 5.88. The molecule has 2 aromatic rings. The maximum Gasteiger partial charge on any atom is 0.356 e. The molecule has 0 amide bonds. The van der Waals surface area contributed by atoms with E-state index in [0.29, 0.717) is 12.2 Å².